The molecule has 20 heteroatoms. The number of piperidine rings is 2. The summed E-state index contributed by atoms with van der Waals surface area (Å²) >= 11 is 0. The molecule has 4 heterocycles. The van der Waals surface area contributed by atoms with Crippen LogP contribution in [0.4, 0.5) is 0 Å². The molecule has 2 aromatic carbocycles. The number of nitrogens with zero attached hydrogens (tertiary/aromatic N) is 1. The third-order valence-corrected chi connectivity index (χ3v) is 17.5. The van der Waals surface area contributed by atoms with Gasteiger partial charge in [-0.3, -0.25) is 18.8 Å². The number of phenolic OH excluding ortho intramolecular Hbond substituents is 1. The number of benzene rings is 2. The molecule has 380 valence electrons. The first-order valence-electron chi connectivity index (χ1n) is 23.4. The van der Waals surface area contributed by atoms with Crippen molar-refractivity contribution < 1.29 is 81.4 Å². The van der Waals surface area contributed by atoms with Crippen molar-refractivity contribution in [2.75, 3.05) is 27.3 Å². The zero-order valence-corrected chi connectivity index (χ0v) is 40.6. The molecule has 4 saturated carbocycles. The highest BCUT2D eigenvalue weighted by Gasteiger charge is 2.88. The van der Waals surface area contributed by atoms with E-state index in [0.29, 0.717) is 66.8 Å². The maximum absolute atomic E-state index is 12.9. The molecule has 0 radical (unpaired) electrons. The topological polar surface area (TPSA) is 304 Å². The summed E-state index contributed by atoms with van der Waals surface area (Å²) in [6, 6.07) is 9.67. The summed E-state index contributed by atoms with van der Waals surface area (Å²) in [7, 11) is -1.68. The number of fused-ring (bicyclic) bond motifs is 6. The van der Waals surface area contributed by atoms with Gasteiger partial charge in [0.05, 0.1) is 36.9 Å². The number of phenols is 1. The quantitative estimate of drug-likeness (QED) is 0.100. The minimum atomic E-state index is -4.67. The van der Waals surface area contributed by atoms with Gasteiger partial charge in [0.15, 0.2) is 17.4 Å². The van der Waals surface area contributed by atoms with Crippen LogP contribution < -0.4 is 14.9 Å². The van der Waals surface area contributed by atoms with Crippen molar-refractivity contribution in [2.24, 2.45) is 29.1 Å². The Morgan fingerprint density at radius 3 is 2.16 bits per heavy atom. The van der Waals surface area contributed by atoms with Crippen molar-refractivity contribution in [1.29, 1.82) is 0 Å². The molecule has 1 aromatic heterocycles. The normalized spacial score (nSPS) is 40.9. The fourth-order valence-electron chi connectivity index (χ4n) is 14.1. The summed E-state index contributed by atoms with van der Waals surface area (Å²) in [5.74, 6) is -3.26. The zero-order valence-electron chi connectivity index (χ0n) is 39.8. The summed E-state index contributed by atoms with van der Waals surface area (Å²) in [5, 5.41) is 84.0. The molecule has 4 bridgehead atoms. The van der Waals surface area contributed by atoms with Gasteiger partial charge in [-0.1, -0.05) is 32.1 Å². The molecule has 19 nitrogen and oxygen atoms in total. The van der Waals surface area contributed by atoms with E-state index in [-0.39, 0.29) is 47.9 Å². The third kappa shape index (κ3) is 7.54. The molecule has 14 unspecified atom stereocenters. The molecule has 14 atom stereocenters. The lowest BCUT2D eigenvalue weighted by Gasteiger charge is -2.68. The molecule has 1 spiro atoms. The maximum atomic E-state index is 12.9. The second kappa shape index (κ2) is 17.2. The number of aliphatic hydroxyl groups is 6. The van der Waals surface area contributed by atoms with Gasteiger partial charge < -0.3 is 59.1 Å². The Labute approximate surface area is 399 Å². The van der Waals surface area contributed by atoms with Gasteiger partial charge in [-0.05, 0) is 95.0 Å². The van der Waals surface area contributed by atoms with E-state index < -0.39 is 85.5 Å². The van der Waals surface area contributed by atoms with Crippen LogP contribution in [0.1, 0.15) is 86.0 Å². The number of carbonyl (C=O) groups excluding carboxylic acids is 1. The number of methoxy groups -OCH3 is 2. The van der Waals surface area contributed by atoms with Crippen molar-refractivity contribution in [3.05, 3.63) is 64.5 Å². The zero-order chi connectivity index (χ0) is 50.7. The Morgan fingerprint density at radius 2 is 1.54 bits per heavy atom. The van der Waals surface area contributed by atoms with Gasteiger partial charge in [0, 0.05) is 60.7 Å². The van der Waals surface area contributed by atoms with E-state index in [0.717, 1.165) is 12.0 Å². The van der Waals surface area contributed by atoms with Crippen LogP contribution in [-0.2, 0) is 24.7 Å². The number of hydrogen-bond donors (Lipinski definition) is 9. The standard InChI is InChI=1S/C32H49NO9.C17H14O5.H2O4S/c1-6-18(3)25(35)41-24-11-12-26(4)19-8-9-20-28(37)13-23(34)31(39)21(29(28,38)16-30(20,26)42-32(19,24)40)15-33-14-17(2)7-10-22(33)27(31,5)36;1-20-11-5-3-10(4-6-11)13-9-22-16-12(15(13)19)7-8-14(18)17(16)21-2;1-5(2,3)4/h6,17,19-24,34,36-40H,7-16H2,1-5H3;3-9,18H,1-2H3;(H2,1,2,3,4). The Balaban J connectivity index is 0.000000199. The van der Waals surface area contributed by atoms with E-state index in [1.165, 1.54) is 25.5 Å². The number of aliphatic hydroxyl groups excluding tert-OH is 1. The predicted octanol–water partition coefficient (Wildman–Crippen LogP) is 3.52. The van der Waals surface area contributed by atoms with Crippen molar-refractivity contribution in [3.8, 4) is 28.4 Å². The molecule has 3 saturated heterocycles. The first kappa shape index (κ1) is 51.2. The second-order valence-corrected chi connectivity index (χ2v) is 21.7. The fourth-order valence-corrected chi connectivity index (χ4v) is 14.1. The van der Waals surface area contributed by atoms with Crippen LogP contribution in [0.25, 0.3) is 22.1 Å². The highest BCUT2D eigenvalue weighted by atomic mass is 32.3. The molecular weight excluding hydrogens is 923 g/mol. The first-order valence-corrected chi connectivity index (χ1v) is 24.7. The van der Waals surface area contributed by atoms with Crippen molar-refractivity contribution in [2.45, 2.75) is 138 Å². The Morgan fingerprint density at radius 1 is 0.884 bits per heavy atom. The maximum Gasteiger partial charge on any atom is 0.394 e. The lowest BCUT2D eigenvalue weighted by Crippen LogP contribution is -2.85. The van der Waals surface area contributed by atoms with Crippen molar-refractivity contribution >= 4 is 27.3 Å². The molecule has 3 aliphatic heterocycles. The minimum Gasteiger partial charge on any atom is -0.504 e. The summed E-state index contributed by atoms with van der Waals surface area (Å²) in [4.78, 5) is 27.5. The SMILES string of the molecule is CC=C(C)C(=O)OC1CCC2(C)C3CCC4C5(O)CC(O)C6(O)C(CN7CC(C)CCC7C6(C)O)C5(O)CC42OC13O.COc1ccc(-c2coc3c(OC)c(O)ccc3c2=O)cc1.O=S(=O)(O)O. The Hall–Kier alpha value is -4.19. The molecule has 10 rings (SSSR count). The van der Waals surface area contributed by atoms with Crippen LogP contribution in [0.15, 0.2) is 63.5 Å². The summed E-state index contributed by atoms with van der Waals surface area (Å²) < 4.78 is 59.9. The average Bonchev–Trinajstić information content (AvgIpc) is 3.45. The van der Waals surface area contributed by atoms with E-state index in [9.17, 15) is 45.3 Å². The highest BCUT2D eigenvalue weighted by Crippen LogP contribution is 2.78. The molecule has 69 heavy (non-hydrogen) atoms. The number of hydrogen-bond acceptors (Lipinski definition) is 17. The van der Waals surface area contributed by atoms with E-state index in [1.807, 2.05) is 6.92 Å². The minimum absolute atomic E-state index is 0.0606. The van der Waals surface area contributed by atoms with Crippen molar-refractivity contribution in [1.82, 2.24) is 4.90 Å². The van der Waals surface area contributed by atoms with E-state index in [1.54, 1.807) is 58.2 Å². The van der Waals surface area contributed by atoms with E-state index in [4.69, 9.17) is 40.9 Å². The number of ether oxygens (including phenoxy) is 4. The number of allylic oxidation sites excluding steroid dienone is 1. The van der Waals surface area contributed by atoms with Crippen LogP contribution in [0, 0.1) is 29.1 Å². The Kier molecular flexibility index (Phi) is 12.8. The van der Waals surface area contributed by atoms with Crippen LogP contribution in [0.3, 0.4) is 0 Å². The molecule has 4 aliphatic carbocycles. The van der Waals surface area contributed by atoms with Gasteiger partial charge in [0.2, 0.25) is 17.0 Å². The number of rotatable bonds is 5. The number of esters is 1. The van der Waals surface area contributed by atoms with Gasteiger partial charge >= 0.3 is 16.4 Å². The molecule has 3 aromatic rings. The van der Waals surface area contributed by atoms with Gasteiger partial charge in [-0.25, -0.2) is 4.79 Å². The van der Waals surface area contributed by atoms with E-state index in [2.05, 4.69) is 11.8 Å². The molecule has 7 fully saturated rings. The van der Waals surface area contributed by atoms with E-state index >= 15 is 0 Å². The van der Waals surface area contributed by atoms with Gasteiger partial charge in [-0.2, -0.15) is 8.42 Å². The monoisotopic (exact) mass is 987 g/mol. The predicted molar refractivity (Wildman–Crippen MR) is 246 cm³/mol. The third-order valence-electron chi connectivity index (χ3n) is 17.5. The van der Waals surface area contributed by atoms with Gasteiger partial charge in [0.25, 0.3) is 0 Å². The van der Waals surface area contributed by atoms with Crippen LogP contribution in [-0.4, -0.2) is 143 Å². The molecule has 7 aliphatic rings. The highest BCUT2D eigenvalue weighted by molar-refractivity contribution is 7.79. The van der Waals surface area contributed by atoms with Crippen LogP contribution in [0.5, 0.6) is 17.2 Å². The molecule has 9 N–H and O–H groups in total. The lowest BCUT2D eigenvalue weighted by molar-refractivity contribution is -0.354. The smallest absolute Gasteiger partial charge is 0.394 e. The lowest BCUT2D eigenvalue weighted by atomic mass is 9.49. The molecular formula is C49H65NO18S. The van der Waals surface area contributed by atoms with Crippen LogP contribution in [0.2, 0.25) is 0 Å². The largest absolute Gasteiger partial charge is 0.504 e. The first-order chi connectivity index (χ1) is 32.1. The summed E-state index contributed by atoms with van der Waals surface area (Å²) in [6.07, 6.45) is 3.67. The Bertz CT molecular complexity index is 2680. The summed E-state index contributed by atoms with van der Waals surface area (Å²) in [6.45, 7) is 10.1. The average molecular weight is 988 g/mol. The fraction of sp³-hybridized carbons (Fsp3) is 0.633. The number of aromatic hydroxyl groups is 1. The van der Waals surface area contributed by atoms with Gasteiger partial charge in [-0.15, -0.1) is 0 Å². The number of carbonyl (C=O) groups is 1. The van der Waals surface area contributed by atoms with Gasteiger partial charge in [0.1, 0.15) is 34.4 Å². The second-order valence-electron chi connectivity index (χ2n) is 20.8. The molecule has 0 amide bonds. The van der Waals surface area contributed by atoms with Crippen molar-refractivity contribution in [3.63, 3.8) is 0 Å². The summed E-state index contributed by atoms with van der Waals surface area (Å²) in [5.41, 5.74) is -7.76. The van der Waals surface area contributed by atoms with Crippen LogP contribution >= 0.6 is 0 Å².